The van der Waals surface area contributed by atoms with E-state index in [9.17, 15) is 0 Å². The van der Waals surface area contributed by atoms with Gasteiger partial charge in [-0.2, -0.15) is 5.10 Å². The quantitative estimate of drug-likeness (QED) is 0.744. The molecule has 0 aliphatic heterocycles. The Morgan fingerprint density at radius 3 is 3.15 bits per heavy atom. The fraction of sp³-hybridized carbons (Fsp3) is 0.300. The Bertz CT molecular complexity index is 394. The number of aromatic amines is 1. The standard InChI is InChI=1S/C10H12N2O/c13-5-1-2-8-3-4-9-7-11-12-10(9)6-8/h3-4,6-7,13H,1-2,5H2,(H,11,12). The van der Waals surface area contributed by atoms with Gasteiger partial charge in [0.25, 0.3) is 0 Å². The van der Waals surface area contributed by atoms with Crippen molar-refractivity contribution in [2.24, 2.45) is 0 Å². The predicted octanol–water partition coefficient (Wildman–Crippen LogP) is 1.49. The second-order valence-corrected chi connectivity index (χ2v) is 3.12. The molecule has 0 amide bonds. The van der Waals surface area contributed by atoms with E-state index >= 15 is 0 Å². The third kappa shape index (κ3) is 1.70. The van der Waals surface area contributed by atoms with Crippen molar-refractivity contribution in [1.82, 2.24) is 10.2 Å². The summed E-state index contributed by atoms with van der Waals surface area (Å²) in [7, 11) is 0. The van der Waals surface area contributed by atoms with E-state index in [1.54, 1.807) is 0 Å². The highest BCUT2D eigenvalue weighted by Gasteiger charge is 1.97. The Morgan fingerprint density at radius 1 is 1.38 bits per heavy atom. The van der Waals surface area contributed by atoms with Crippen molar-refractivity contribution < 1.29 is 5.11 Å². The maximum absolute atomic E-state index is 8.68. The molecule has 2 aromatic rings. The highest BCUT2D eigenvalue weighted by atomic mass is 16.2. The van der Waals surface area contributed by atoms with Crippen LogP contribution in [0.1, 0.15) is 12.0 Å². The Hall–Kier alpha value is -1.35. The zero-order valence-electron chi connectivity index (χ0n) is 7.33. The number of nitrogens with one attached hydrogen (secondary N) is 1. The smallest absolute Gasteiger partial charge is 0.0653 e. The van der Waals surface area contributed by atoms with Crippen molar-refractivity contribution in [1.29, 1.82) is 0 Å². The molecule has 0 radical (unpaired) electrons. The first kappa shape index (κ1) is 8.26. The van der Waals surface area contributed by atoms with E-state index in [2.05, 4.69) is 22.3 Å². The fourth-order valence-corrected chi connectivity index (χ4v) is 1.42. The minimum absolute atomic E-state index is 0.251. The third-order valence-electron chi connectivity index (χ3n) is 2.13. The van der Waals surface area contributed by atoms with Gasteiger partial charge in [0.15, 0.2) is 0 Å². The predicted molar refractivity (Wildman–Crippen MR) is 51.5 cm³/mol. The second kappa shape index (κ2) is 3.58. The van der Waals surface area contributed by atoms with E-state index in [1.807, 2.05) is 12.3 Å². The summed E-state index contributed by atoms with van der Waals surface area (Å²) in [6.45, 7) is 0.251. The van der Waals surface area contributed by atoms with E-state index in [0.29, 0.717) is 0 Å². The van der Waals surface area contributed by atoms with Crippen LogP contribution >= 0.6 is 0 Å². The lowest BCUT2D eigenvalue weighted by molar-refractivity contribution is 0.288. The fourth-order valence-electron chi connectivity index (χ4n) is 1.42. The van der Waals surface area contributed by atoms with Crippen molar-refractivity contribution >= 4 is 10.9 Å². The largest absolute Gasteiger partial charge is 0.396 e. The minimum atomic E-state index is 0.251. The molecule has 0 aliphatic carbocycles. The summed E-state index contributed by atoms with van der Waals surface area (Å²) < 4.78 is 0. The summed E-state index contributed by atoms with van der Waals surface area (Å²) >= 11 is 0. The van der Waals surface area contributed by atoms with Crippen LogP contribution in [0.2, 0.25) is 0 Å². The van der Waals surface area contributed by atoms with Gasteiger partial charge in [0.1, 0.15) is 0 Å². The number of aliphatic hydroxyl groups excluding tert-OH is 1. The molecule has 1 heterocycles. The van der Waals surface area contributed by atoms with Crippen molar-refractivity contribution in [3.63, 3.8) is 0 Å². The second-order valence-electron chi connectivity index (χ2n) is 3.12. The molecule has 2 rings (SSSR count). The topological polar surface area (TPSA) is 48.9 Å². The van der Waals surface area contributed by atoms with Crippen LogP contribution in [0.15, 0.2) is 24.4 Å². The van der Waals surface area contributed by atoms with Gasteiger partial charge >= 0.3 is 0 Å². The van der Waals surface area contributed by atoms with Crippen LogP contribution in [0.5, 0.6) is 0 Å². The maximum Gasteiger partial charge on any atom is 0.0653 e. The van der Waals surface area contributed by atoms with E-state index in [1.165, 1.54) is 5.56 Å². The molecule has 0 spiro atoms. The van der Waals surface area contributed by atoms with Gasteiger partial charge in [0.2, 0.25) is 0 Å². The van der Waals surface area contributed by atoms with Crippen LogP contribution in [0, 0.1) is 0 Å². The molecule has 3 heteroatoms. The number of aliphatic hydroxyl groups is 1. The first-order valence-corrected chi connectivity index (χ1v) is 4.43. The molecular formula is C10H12N2O. The summed E-state index contributed by atoms with van der Waals surface area (Å²) in [6.07, 6.45) is 3.55. The van der Waals surface area contributed by atoms with Crippen LogP contribution in [-0.4, -0.2) is 21.9 Å². The van der Waals surface area contributed by atoms with Gasteiger partial charge in [0, 0.05) is 12.0 Å². The molecule has 13 heavy (non-hydrogen) atoms. The summed E-state index contributed by atoms with van der Waals surface area (Å²) in [6, 6.07) is 6.21. The van der Waals surface area contributed by atoms with Gasteiger partial charge in [-0.05, 0) is 24.5 Å². The normalized spacial score (nSPS) is 10.8. The van der Waals surface area contributed by atoms with Gasteiger partial charge in [0.05, 0.1) is 11.7 Å². The highest BCUT2D eigenvalue weighted by molar-refractivity contribution is 5.78. The molecule has 3 nitrogen and oxygen atoms in total. The molecule has 0 atom stereocenters. The van der Waals surface area contributed by atoms with E-state index in [-0.39, 0.29) is 6.61 Å². The Kier molecular flexibility index (Phi) is 2.27. The van der Waals surface area contributed by atoms with Crippen LogP contribution in [0.25, 0.3) is 10.9 Å². The first-order valence-electron chi connectivity index (χ1n) is 4.43. The highest BCUT2D eigenvalue weighted by Crippen LogP contribution is 2.13. The average Bonchev–Trinajstić information content (AvgIpc) is 2.61. The van der Waals surface area contributed by atoms with Crippen LogP contribution in [-0.2, 0) is 6.42 Å². The Morgan fingerprint density at radius 2 is 2.31 bits per heavy atom. The van der Waals surface area contributed by atoms with Gasteiger partial charge in [-0.25, -0.2) is 0 Å². The molecule has 1 aromatic heterocycles. The lowest BCUT2D eigenvalue weighted by Crippen LogP contribution is -1.88. The van der Waals surface area contributed by atoms with Crippen LogP contribution < -0.4 is 0 Å². The number of H-pyrrole nitrogens is 1. The van der Waals surface area contributed by atoms with Gasteiger partial charge in [-0.15, -0.1) is 0 Å². The SMILES string of the molecule is OCCCc1ccc2cn[nH]c2c1. The number of aryl methyl sites for hydroxylation is 1. The summed E-state index contributed by atoms with van der Waals surface area (Å²) in [5, 5.41) is 16.7. The lowest BCUT2D eigenvalue weighted by atomic mass is 10.1. The van der Waals surface area contributed by atoms with Crippen molar-refractivity contribution in [3.8, 4) is 0 Å². The number of rotatable bonds is 3. The van der Waals surface area contributed by atoms with Crippen LogP contribution in [0.3, 0.4) is 0 Å². The molecule has 0 saturated carbocycles. The molecule has 1 aromatic carbocycles. The number of hydrogen-bond donors (Lipinski definition) is 2. The van der Waals surface area contributed by atoms with Gasteiger partial charge in [-0.3, -0.25) is 5.10 Å². The number of hydrogen-bond acceptors (Lipinski definition) is 2. The zero-order valence-corrected chi connectivity index (χ0v) is 7.33. The number of nitrogens with zero attached hydrogens (tertiary/aromatic N) is 1. The van der Waals surface area contributed by atoms with Gasteiger partial charge < -0.3 is 5.11 Å². The van der Waals surface area contributed by atoms with Crippen molar-refractivity contribution in [2.75, 3.05) is 6.61 Å². The van der Waals surface area contributed by atoms with Crippen molar-refractivity contribution in [2.45, 2.75) is 12.8 Å². The third-order valence-corrected chi connectivity index (χ3v) is 2.13. The summed E-state index contributed by atoms with van der Waals surface area (Å²) in [5.74, 6) is 0. The van der Waals surface area contributed by atoms with Crippen molar-refractivity contribution in [3.05, 3.63) is 30.0 Å². The van der Waals surface area contributed by atoms with E-state index in [4.69, 9.17) is 5.11 Å². The maximum atomic E-state index is 8.68. The number of aromatic nitrogens is 2. The van der Waals surface area contributed by atoms with Gasteiger partial charge in [-0.1, -0.05) is 12.1 Å². The molecule has 68 valence electrons. The molecule has 0 aliphatic rings. The monoisotopic (exact) mass is 176 g/mol. The molecule has 0 bridgehead atoms. The van der Waals surface area contributed by atoms with E-state index < -0.39 is 0 Å². The molecule has 0 fully saturated rings. The lowest BCUT2D eigenvalue weighted by Gasteiger charge is -1.98. The summed E-state index contributed by atoms with van der Waals surface area (Å²) in [5.41, 5.74) is 2.31. The van der Waals surface area contributed by atoms with E-state index in [0.717, 1.165) is 23.7 Å². The Labute approximate surface area is 76.4 Å². The molecule has 0 unspecified atom stereocenters. The number of fused-ring (bicyclic) bond motifs is 1. The average molecular weight is 176 g/mol. The Balaban J connectivity index is 2.26. The number of benzene rings is 1. The first-order chi connectivity index (χ1) is 6.40. The minimum Gasteiger partial charge on any atom is -0.396 e. The zero-order chi connectivity index (χ0) is 9.10. The molecule has 2 N–H and O–H groups in total. The molecular weight excluding hydrogens is 164 g/mol. The molecule has 0 saturated heterocycles. The summed E-state index contributed by atoms with van der Waals surface area (Å²) in [4.78, 5) is 0. The van der Waals surface area contributed by atoms with Crippen LogP contribution in [0.4, 0.5) is 0 Å².